The number of rotatable bonds is 3. The lowest BCUT2D eigenvalue weighted by molar-refractivity contribution is 0.0559. The molecule has 0 radical (unpaired) electrons. The summed E-state index contributed by atoms with van der Waals surface area (Å²) in [6.07, 6.45) is 1.60. The summed E-state index contributed by atoms with van der Waals surface area (Å²) >= 11 is 1.76. The van der Waals surface area contributed by atoms with Crippen molar-refractivity contribution in [1.82, 2.24) is 5.32 Å². The molecule has 0 unspecified atom stereocenters. The fourth-order valence-electron chi connectivity index (χ4n) is 1.37. The first-order valence-corrected chi connectivity index (χ1v) is 5.18. The van der Waals surface area contributed by atoms with Crippen LogP contribution in [-0.4, -0.2) is 19.2 Å². The summed E-state index contributed by atoms with van der Waals surface area (Å²) in [5.41, 5.74) is 0. The van der Waals surface area contributed by atoms with Gasteiger partial charge in [0.05, 0.1) is 12.7 Å². The van der Waals surface area contributed by atoms with E-state index in [2.05, 4.69) is 22.8 Å². The highest BCUT2D eigenvalue weighted by molar-refractivity contribution is 7.09. The van der Waals surface area contributed by atoms with E-state index >= 15 is 0 Å². The summed E-state index contributed by atoms with van der Waals surface area (Å²) in [7, 11) is 0. The first-order chi connectivity index (χ1) is 5.95. The number of hydrogen-bond donors (Lipinski definition) is 1. The van der Waals surface area contributed by atoms with Crippen molar-refractivity contribution in [3.63, 3.8) is 0 Å². The zero-order valence-corrected chi connectivity index (χ0v) is 7.77. The molecule has 2 rings (SSSR count). The molecule has 12 heavy (non-hydrogen) atoms. The Morgan fingerprint density at radius 1 is 1.67 bits per heavy atom. The van der Waals surface area contributed by atoms with Crippen molar-refractivity contribution < 1.29 is 4.74 Å². The molecule has 0 amide bonds. The number of hydrogen-bond acceptors (Lipinski definition) is 3. The second-order valence-corrected chi connectivity index (χ2v) is 4.04. The molecule has 1 aliphatic heterocycles. The van der Waals surface area contributed by atoms with Gasteiger partial charge in [-0.05, 0) is 24.4 Å². The van der Waals surface area contributed by atoms with E-state index in [4.69, 9.17) is 4.74 Å². The van der Waals surface area contributed by atoms with Gasteiger partial charge in [0, 0.05) is 11.4 Å². The van der Waals surface area contributed by atoms with Crippen LogP contribution in [-0.2, 0) is 11.3 Å². The highest BCUT2D eigenvalue weighted by Gasteiger charge is 2.14. The zero-order valence-electron chi connectivity index (χ0n) is 6.95. The number of ether oxygens (including phenoxy) is 1. The van der Waals surface area contributed by atoms with Crippen LogP contribution in [0.25, 0.3) is 0 Å². The lowest BCUT2D eigenvalue weighted by Gasteiger charge is -2.08. The Morgan fingerprint density at radius 3 is 3.33 bits per heavy atom. The monoisotopic (exact) mass is 183 g/mol. The third-order valence-electron chi connectivity index (χ3n) is 2.06. The Bertz CT molecular complexity index is 216. The van der Waals surface area contributed by atoms with Gasteiger partial charge in [-0.25, -0.2) is 0 Å². The largest absolute Gasteiger partial charge is 0.371 e. The van der Waals surface area contributed by atoms with Crippen LogP contribution in [0.2, 0.25) is 0 Å². The van der Waals surface area contributed by atoms with Crippen molar-refractivity contribution in [2.45, 2.75) is 19.1 Å². The van der Waals surface area contributed by atoms with E-state index in [-0.39, 0.29) is 0 Å². The van der Waals surface area contributed by atoms with Gasteiger partial charge in [0.15, 0.2) is 0 Å². The van der Waals surface area contributed by atoms with Gasteiger partial charge >= 0.3 is 0 Å². The molecule has 0 saturated carbocycles. The average Bonchev–Trinajstić information content (AvgIpc) is 2.74. The molecular weight excluding hydrogens is 170 g/mol. The summed E-state index contributed by atoms with van der Waals surface area (Å²) in [4.78, 5) is 1.32. The van der Waals surface area contributed by atoms with Gasteiger partial charge in [-0.1, -0.05) is 6.07 Å². The van der Waals surface area contributed by atoms with Crippen LogP contribution in [0.4, 0.5) is 0 Å². The number of thiophene rings is 1. The molecule has 1 aromatic heterocycles. The normalized spacial score (nSPS) is 23.2. The van der Waals surface area contributed by atoms with E-state index in [0.717, 1.165) is 26.1 Å². The predicted molar refractivity (Wildman–Crippen MR) is 50.4 cm³/mol. The first-order valence-electron chi connectivity index (χ1n) is 4.30. The van der Waals surface area contributed by atoms with Gasteiger partial charge < -0.3 is 10.1 Å². The Hall–Kier alpha value is -0.380. The molecule has 1 aromatic rings. The molecule has 1 atom stereocenters. The fraction of sp³-hybridized carbons (Fsp3) is 0.556. The predicted octanol–water partition coefficient (Wildman–Crippen LogP) is 1.63. The van der Waals surface area contributed by atoms with Crippen LogP contribution >= 0.6 is 11.3 Å². The summed E-state index contributed by atoms with van der Waals surface area (Å²) in [6, 6.07) is 4.18. The third kappa shape index (κ3) is 2.06. The maximum atomic E-state index is 5.70. The van der Waals surface area contributed by atoms with Crippen molar-refractivity contribution in [3.8, 4) is 0 Å². The van der Waals surface area contributed by atoms with Crippen LogP contribution in [0.1, 0.15) is 11.3 Å². The summed E-state index contributed by atoms with van der Waals surface area (Å²) < 4.78 is 5.70. The maximum Gasteiger partial charge on any atom is 0.0813 e. The van der Waals surface area contributed by atoms with Gasteiger partial charge in [0.2, 0.25) is 0 Å². The van der Waals surface area contributed by atoms with Gasteiger partial charge in [-0.3, -0.25) is 0 Å². The molecule has 0 aromatic carbocycles. The molecule has 1 N–H and O–H groups in total. The molecule has 0 bridgehead atoms. The van der Waals surface area contributed by atoms with Crippen molar-refractivity contribution in [2.75, 3.05) is 13.1 Å². The number of nitrogens with one attached hydrogen (secondary N) is 1. The SMILES string of the molecule is c1csc(CO[C@@H]2CCNC2)c1. The maximum absolute atomic E-state index is 5.70. The second-order valence-electron chi connectivity index (χ2n) is 3.01. The summed E-state index contributed by atoms with van der Waals surface area (Å²) in [5.74, 6) is 0. The van der Waals surface area contributed by atoms with Gasteiger partial charge in [0.25, 0.3) is 0 Å². The van der Waals surface area contributed by atoms with E-state index in [0.29, 0.717) is 6.10 Å². The molecule has 3 heteroatoms. The summed E-state index contributed by atoms with van der Waals surface area (Å²) in [6.45, 7) is 2.91. The second kappa shape index (κ2) is 4.03. The fourth-order valence-corrected chi connectivity index (χ4v) is 1.99. The molecule has 0 spiro atoms. The highest BCUT2D eigenvalue weighted by Crippen LogP contribution is 2.12. The van der Waals surface area contributed by atoms with Crippen molar-refractivity contribution in [2.24, 2.45) is 0 Å². The molecule has 66 valence electrons. The zero-order chi connectivity index (χ0) is 8.23. The molecular formula is C9H13NOS. The molecule has 0 aliphatic carbocycles. The Kier molecular flexibility index (Phi) is 2.76. The quantitative estimate of drug-likeness (QED) is 0.769. The van der Waals surface area contributed by atoms with E-state index in [9.17, 15) is 0 Å². The van der Waals surface area contributed by atoms with Crippen LogP contribution < -0.4 is 5.32 Å². The first kappa shape index (κ1) is 8.23. The summed E-state index contributed by atoms with van der Waals surface area (Å²) in [5, 5.41) is 5.37. The topological polar surface area (TPSA) is 21.3 Å². The van der Waals surface area contributed by atoms with Crippen LogP contribution in [0.3, 0.4) is 0 Å². The molecule has 1 saturated heterocycles. The van der Waals surface area contributed by atoms with Crippen molar-refractivity contribution in [1.29, 1.82) is 0 Å². The van der Waals surface area contributed by atoms with Gasteiger partial charge in [-0.15, -0.1) is 11.3 Å². The lowest BCUT2D eigenvalue weighted by Crippen LogP contribution is -2.16. The minimum Gasteiger partial charge on any atom is -0.371 e. The standard InChI is InChI=1S/C9H13NOS/c1-2-9(12-5-1)7-11-8-3-4-10-6-8/h1-2,5,8,10H,3-4,6-7H2/t8-/m1/s1. The molecule has 2 nitrogen and oxygen atoms in total. The molecule has 2 heterocycles. The van der Waals surface area contributed by atoms with E-state index in [1.54, 1.807) is 11.3 Å². The van der Waals surface area contributed by atoms with Crippen molar-refractivity contribution >= 4 is 11.3 Å². The molecule has 1 fully saturated rings. The van der Waals surface area contributed by atoms with Crippen LogP contribution in [0, 0.1) is 0 Å². The Morgan fingerprint density at radius 2 is 2.67 bits per heavy atom. The smallest absolute Gasteiger partial charge is 0.0813 e. The minimum atomic E-state index is 0.437. The third-order valence-corrected chi connectivity index (χ3v) is 2.91. The highest BCUT2D eigenvalue weighted by atomic mass is 32.1. The minimum absolute atomic E-state index is 0.437. The van der Waals surface area contributed by atoms with Gasteiger partial charge in [0.1, 0.15) is 0 Å². The van der Waals surface area contributed by atoms with Crippen LogP contribution in [0.5, 0.6) is 0 Å². The van der Waals surface area contributed by atoms with Crippen LogP contribution in [0.15, 0.2) is 17.5 Å². The van der Waals surface area contributed by atoms with Crippen molar-refractivity contribution in [3.05, 3.63) is 22.4 Å². The average molecular weight is 183 g/mol. The Balaban J connectivity index is 1.74. The van der Waals surface area contributed by atoms with E-state index in [1.165, 1.54) is 4.88 Å². The Labute approximate surface area is 76.6 Å². The lowest BCUT2D eigenvalue weighted by atomic mass is 10.3. The molecule has 1 aliphatic rings. The van der Waals surface area contributed by atoms with Gasteiger partial charge in [-0.2, -0.15) is 0 Å². The van der Waals surface area contributed by atoms with E-state index in [1.807, 2.05) is 0 Å². The van der Waals surface area contributed by atoms with E-state index < -0.39 is 0 Å².